The highest BCUT2D eigenvalue weighted by molar-refractivity contribution is 5.97. The van der Waals surface area contributed by atoms with Crippen LogP contribution in [0.15, 0.2) is 78.9 Å². The van der Waals surface area contributed by atoms with Crippen LogP contribution < -0.4 is 4.74 Å². The van der Waals surface area contributed by atoms with Crippen molar-refractivity contribution >= 4 is 11.8 Å². The van der Waals surface area contributed by atoms with Crippen LogP contribution in [0, 0.1) is 5.82 Å². The Morgan fingerprint density at radius 1 is 0.815 bits per heavy atom. The molecule has 3 rings (SSSR count). The van der Waals surface area contributed by atoms with Crippen LogP contribution in [-0.4, -0.2) is 25.0 Å². The van der Waals surface area contributed by atoms with Gasteiger partial charge >= 0.3 is 5.97 Å². The number of hydrogen-bond donors (Lipinski definition) is 0. The van der Waals surface area contributed by atoms with Crippen molar-refractivity contribution in [2.24, 2.45) is 0 Å². The van der Waals surface area contributed by atoms with Crippen molar-refractivity contribution in [3.63, 3.8) is 0 Å². The number of hydrogen-bond acceptors (Lipinski definition) is 4. The fourth-order valence-corrected chi connectivity index (χ4v) is 2.52. The van der Waals surface area contributed by atoms with Crippen molar-refractivity contribution in [3.8, 4) is 16.9 Å². The van der Waals surface area contributed by atoms with Crippen LogP contribution in [0.5, 0.6) is 5.75 Å². The molecule has 0 spiro atoms. The highest BCUT2D eigenvalue weighted by Crippen LogP contribution is 2.29. The van der Waals surface area contributed by atoms with Crippen LogP contribution in [0.3, 0.4) is 0 Å². The summed E-state index contributed by atoms with van der Waals surface area (Å²) >= 11 is 0. The molecule has 3 aromatic rings. The Balaban J connectivity index is 1.56. The van der Waals surface area contributed by atoms with E-state index < -0.39 is 24.2 Å². The van der Waals surface area contributed by atoms with Gasteiger partial charge in [-0.3, -0.25) is 4.79 Å². The lowest BCUT2D eigenvalue weighted by Gasteiger charge is -2.11. The minimum Gasteiger partial charge on any atom is -0.481 e. The number of ether oxygens (including phenoxy) is 2. The van der Waals surface area contributed by atoms with E-state index in [2.05, 4.69) is 0 Å². The predicted molar refractivity (Wildman–Crippen MR) is 99.1 cm³/mol. The zero-order chi connectivity index (χ0) is 19.1. The average molecular weight is 364 g/mol. The summed E-state index contributed by atoms with van der Waals surface area (Å²) < 4.78 is 23.6. The molecule has 5 heteroatoms. The summed E-state index contributed by atoms with van der Waals surface area (Å²) in [4.78, 5) is 23.8. The van der Waals surface area contributed by atoms with Crippen molar-refractivity contribution in [1.29, 1.82) is 0 Å². The van der Waals surface area contributed by atoms with Crippen LogP contribution in [0.1, 0.15) is 10.4 Å². The molecule has 0 radical (unpaired) electrons. The van der Waals surface area contributed by atoms with E-state index in [9.17, 15) is 14.0 Å². The van der Waals surface area contributed by atoms with Crippen LogP contribution in [0.2, 0.25) is 0 Å². The van der Waals surface area contributed by atoms with Crippen molar-refractivity contribution in [3.05, 3.63) is 90.2 Å². The van der Waals surface area contributed by atoms with Crippen LogP contribution in [-0.2, 0) is 9.53 Å². The Morgan fingerprint density at radius 3 is 2.33 bits per heavy atom. The Bertz CT molecular complexity index is 938. The van der Waals surface area contributed by atoms with Gasteiger partial charge in [0.25, 0.3) is 0 Å². The van der Waals surface area contributed by atoms with E-state index in [-0.39, 0.29) is 12.2 Å². The predicted octanol–water partition coefficient (Wildman–Crippen LogP) is 4.30. The summed E-state index contributed by atoms with van der Waals surface area (Å²) in [7, 11) is 0. The number of benzene rings is 3. The number of esters is 1. The first-order valence-corrected chi connectivity index (χ1v) is 8.35. The van der Waals surface area contributed by atoms with E-state index in [0.29, 0.717) is 5.75 Å². The second-order valence-electron chi connectivity index (χ2n) is 5.75. The topological polar surface area (TPSA) is 52.6 Å². The molecule has 0 saturated heterocycles. The highest BCUT2D eigenvalue weighted by Gasteiger charge is 2.12. The molecule has 0 aromatic heterocycles. The fraction of sp³-hybridized carbons (Fsp3) is 0.0909. The maximum atomic E-state index is 13.1. The first-order valence-electron chi connectivity index (χ1n) is 8.35. The lowest BCUT2D eigenvalue weighted by atomic mass is 10.1. The standard InChI is InChI=1S/C22H17FO4/c23-18-10-6-9-17(13-18)20(24)14-27-22(25)15-26-21-12-5-4-11-19(21)16-7-2-1-3-8-16/h1-13H,14-15H2. The summed E-state index contributed by atoms with van der Waals surface area (Å²) in [5, 5.41) is 0. The molecule has 0 aliphatic rings. The van der Waals surface area contributed by atoms with E-state index >= 15 is 0 Å². The molecule has 4 nitrogen and oxygen atoms in total. The van der Waals surface area contributed by atoms with Gasteiger partial charge in [0, 0.05) is 11.1 Å². The molecule has 0 aliphatic heterocycles. The molecule has 0 bridgehead atoms. The fourth-order valence-electron chi connectivity index (χ4n) is 2.52. The minimum absolute atomic E-state index is 0.151. The van der Waals surface area contributed by atoms with E-state index in [1.807, 2.05) is 42.5 Å². The minimum atomic E-state index is -0.678. The average Bonchev–Trinajstić information content (AvgIpc) is 2.71. The molecule has 0 atom stereocenters. The molecule has 0 aliphatic carbocycles. The van der Waals surface area contributed by atoms with Gasteiger partial charge in [-0.2, -0.15) is 0 Å². The number of ketones is 1. The van der Waals surface area contributed by atoms with E-state index in [1.165, 1.54) is 18.2 Å². The number of para-hydroxylation sites is 1. The zero-order valence-electron chi connectivity index (χ0n) is 14.4. The van der Waals surface area contributed by atoms with Gasteiger partial charge in [0.2, 0.25) is 0 Å². The van der Waals surface area contributed by atoms with Gasteiger partial charge in [-0.1, -0.05) is 60.7 Å². The SMILES string of the molecule is O=C(COc1ccccc1-c1ccccc1)OCC(=O)c1cccc(F)c1. The second-order valence-corrected chi connectivity index (χ2v) is 5.75. The molecule has 0 heterocycles. The van der Waals surface area contributed by atoms with Gasteiger partial charge in [0.15, 0.2) is 19.0 Å². The number of halogens is 1. The molecule has 0 fully saturated rings. The Kier molecular flexibility index (Phi) is 5.94. The third-order valence-corrected chi connectivity index (χ3v) is 3.83. The molecule has 27 heavy (non-hydrogen) atoms. The summed E-state index contributed by atoms with van der Waals surface area (Å²) in [5.41, 5.74) is 1.96. The molecule has 136 valence electrons. The van der Waals surface area contributed by atoms with Crippen LogP contribution in [0.4, 0.5) is 4.39 Å². The van der Waals surface area contributed by atoms with E-state index in [1.54, 1.807) is 12.1 Å². The maximum absolute atomic E-state index is 13.1. The van der Waals surface area contributed by atoms with E-state index in [4.69, 9.17) is 9.47 Å². The van der Waals surface area contributed by atoms with Gasteiger partial charge in [0.1, 0.15) is 11.6 Å². The number of Topliss-reactive ketones (excluding diaryl/α,β-unsaturated/α-hetero) is 1. The van der Waals surface area contributed by atoms with Gasteiger partial charge in [0.05, 0.1) is 0 Å². The maximum Gasteiger partial charge on any atom is 0.344 e. The summed E-state index contributed by atoms with van der Waals surface area (Å²) in [6.45, 7) is -0.799. The molecule has 0 amide bonds. The molecule has 0 saturated carbocycles. The summed E-state index contributed by atoms with van der Waals surface area (Å²) in [6.07, 6.45) is 0. The Labute approximate surface area is 156 Å². The third kappa shape index (κ3) is 5.01. The second kappa shape index (κ2) is 8.76. The van der Waals surface area contributed by atoms with Gasteiger partial charge < -0.3 is 9.47 Å². The van der Waals surface area contributed by atoms with E-state index in [0.717, 1.165) is 17.2 Å². The first-order chi connectivity index (χ1) is 13.1. The molecule has 0 N–H and O–H groups in total. The monoisotopic (exact) mass is 364 g/mol. The summed E-state index contributed by atoms with van der Waals surface area (Å²) in [5.74, 6) is -1.14. The highest BCUT2D eigenvalue weighted by atomic mass is 19.1. The first kappa shape index (κ1) is 18.3. The van der Waals surface area contributed by atoms with Gasteiger partial charge in [-0.25, -0.2) is 9.18 Å². The lowest BCUT2D eigenvalue weighted by molar-refractivity contribution is -0.144. The Hall–Kier alpha value is -3.47. The molecule has 3 aromatic carbocycles. The van der Waals surface area contributed by atoms with Crippen molar-refractivity contribution in [2.45, 2.75) is 0 Å². The number of carbonyl (C=O) groups excluding carboxylic acids is 2. The largest absolute Gasteiger partial charge is 0.481 e. The number of rotatable bonds is 7. The smallest absolute Gasteiger partial charge is 0.344 e. The van der Waals surface area contributed by atoms with Crippen molar-refractivity contribution in [1.82, 2.24) is 0 Å². The summed E-state index contributed by atoms with van der Waals surface area (Å²) in [6, 6.07) is 22.2. The van der Waals surface area contributed by atoms with Crippen molar-refractivity contribution in [2.75, 3.05) is 13.2 Å². The molecular formula is C22H17FO4. The van der Waals surface area contributed by atoms with Crippen LogP contribution >= 0.6 is 0 Å². The normalized spacial score (nSPS) is 10.3. The quantitative estimate of drug-likeness (QED) is 0.463. The van der Waals surface area contributed by atoms with Crippen molar-refractivity contribution < 1.29 is 23.5 Å². The van der Waals surface area contributed by atoms with Crippen LogP contribution in [0.25, 0.3) is 11.1 Å². The number of carbonyl (C=O) groups is 2. The van der Waals surface area contributed by atoms with Gasteiger partial charge in [-0.05, 0) is 23.8 Å². The zero-order valence-corrected chi connectivity index (χ0v) is 14.4. The molecular weight excluding hydrogens is 347 g/mol. The third-order valence-electron chi connectivity index (χ3n) is 3.83. The molecule has 0 unspecified atom stereocenters. The Morgan fingerprint density at radius 2 is 1.56 bits per heavy atom. The van der Waals surface area contributed by atoms with Gasteiger partial charge in [-0.15, -0.1) is 0 Å². The lowest BCUT2D eigenvalue weighted by Crippen LogP contribution is -2.19.